The van der Waals surface area contributed by atoms with Gasteiger partial charge in [-0.1, -0.05) is 24.3 Å². The Balaban J connectivity index is 0.000000461. The van der Waals surface area contributed by atoms with Crippen LogP contribution in [0.2, 0.25) is 0 Å². The van der Waals surface area contributed by atoms with Gasteiger partial charge >= 0.3 is 0 Å². The number of benzene rings is 2. The minimum atomic E-state index is -4.94. The van der Waals surface area contributed by atoms with E-state index < -0.39 is 20.5 Å². The molecule has 18 heteroatoms. The average Bonchev–Trinajstić information content (AvgIpc) is 3.47. The van der Waals surface area contributed by atoms with Gasteiger partial charge in [-0.05, 0) is 24.3 Å². The summed E-state index contributed by atoms with van der Waals surface area (Å²) in [7, 11) is -9.89. The number of aromatic nitrogens is 4. The van der Waals surface area contributed by atoms with Crippen LogP contribution in [0.25, 0.3) is 22.1 Å². The van der Waals surface area contributed by atoms with Crippen LogP contribution in [0.15, 0.2) is 61.2 Å². The van der Waals surface area contributed by atoms with Crippen LogP contribution < -0.4 is 46.4 Å². The highest BCUT2D eigenvalue weighted by molar-refractivity contribution is 5.72. The molecule has 16 nitrogen and oxygen atoms in total. The maximum atomic E-state index is 8.49. The van der Waals surface area contributed by atoms with Crippen LogP contribution in [0.4, 0.5) is 0 Å². The molecule has 4 aromatic rings. The van der Waals surface area contributed by atoms with Crippen LogP contribution in [0, 0.1) is 20.5 Å². The lowest BCUT2D eigenvalue weighted by molar-refractivity contribution is -2.00. The number of halogens is 2. The highest BCUT2D eigenvalue weighted by Crippen LogP contribution is 2.12. The average molecular weight is 665 g/mol. The van der Waals surface area contributed by atoms with E-state index in [0.29, 0.717) is 52.9 Å². The van der Waals surface area contributed by atoms with Gasteiger partial charge in [0.2, 0.25) is 12.7 Å². The highest BCUT2D eigenvalue weighted by Gasteiger charge is 2.16. The quantitative estimate of drug-likeness (QED) is 0.159. The van der Waals surface area contributed by atoms with Gasteiger partial charge < -0.3 is 18.9 Å². The molecule has 5 rings (SSSR count). The van der Waals surface area contributed by atoms with Gasteiger partial charge in [-0.25, -0.2) is 55.5 Å². The fourth-order valence-electron chi connectivity index (χ4n) is 4.49. The fraction of sp³-hybridized carbons (Fsp3) is 0.462. The number of fused-ring (bicyclic) bond motifs is 10. The van der Waals surface area contributed by atoms with E-state index in [1.165, 1.54) is 22.1 Å². The predicted octanol–water partition coefficient (Wildman–Crippen LogP) is -7.56. The van der Waals surface area contributed by atoms with Gasteiger partial charge in [0.1, 0.15) is 26.2 Å². The summed E-state index contributed by atoms with van der Waals surface area (Å²) >= 11 is 0. The molecule has 0 radical (unpaired) electrons. The molecule has 0 saturated heterocycles. The number of hydrogen-bond donors (Lipinski definition) is 0. The number of imidazole rings is 2. The minimum Gasteiger partial charge on any atom is -0.375 e. The van der Waals surface area contributed by atoms with E-state index in [1.54, 1.807) is 0 Å². The Labute approximate surface area is 257 Å². The fourth-order valence-corrected chi connectivity index (χ4v) is 4.49. The van der Waals surface area contributed by atoms with Crippen molar-refractivity contribution in [3.63, 3.8) is 0 Å². The first-order valence-electron chi connectivity index (χ1n) is 13.4. The summed E-state index contributed by atoms with van der Waals surface area (Å²) in [5, 5.41) is 0. The molecule has 44 heavy (non-hydrogen) atoms. The molecule has 0 spiro atoms. The van der Waals surface area contributed by atoms with E-state index in [1.807, 2.05) is 0 Å². The van der Waals surface area contributed by atoms with Gasteiger partial charge in [-0.15, -0.1) is 20.5 Å². The molecule has 0 atom stereocenters. The Bertz CT molecular complexity index is 1200. The summed E-state index contributed by atoms with van der Waals surface area (Å²) in [5.41, 5.74) is 4.83. The standard InChI is InChI=1S/C26H34N4O4.2ClHO4/c1-2-6-24-23(5-1)27-9-13-31-17-18-33-15-11-29-22-30(26-8-4-3-7-25(26)29)12-16-34-20-19-32-14-10-28(24)21-27;2*2-1(3,4)5/h1-8,21-22H,9-20H2;2*(H,2,3,4,5)/q+2;;/p-2. The van der Waals surface area contributed by atoms with Crippen LogP contribution in [-0.4, -0.2) is 62.0 Å². The van der Waals surface area contributed by atoms with Gasteiger partial charge in [-0.3, -0.25) is 0 Å². The summed E-state index contributed by atoms with van der Waals surface area (Å²) in [5.74, 6) is 0. The van der Waals surface area contributed by atoms with Crippen LogP contribution in [-0.2, 0) is 45.1 Å². The van der Waals surface area contributed by atoms with E-state index in [4.69, 9.17) is 56.2 Å². The second-order valence-corrected chi connectivity index (χ2v) is 10.7. The molecule has 244 valence electrons. The molecule has 0 amide bonds. The molecule has 0 unspecified atom stereocenters. The summed E-state index contributed by atoms with van der Waals surface area (Å²) in [6.07, 6.45) is 4.31. The number of rotatable bonds is 0. The molecule has 1 aliphatic heterocycles. The molecule has 1 aliphatic rings. The van der Waals surface area contributed by atoms with Crippen LogP contribution in [0.5, 0.6) is 0 Å². The third kappa shape index (κ3) is 13.6. The van der Waals surface area contributed by atoms with Crippen LogP contribution >= 0.6 is 0 Å². The Morgan fingerprint density at radius 3 is 1.16 bits per heavy atom. The Morgan fingerprint density at radius 2 is 0.795 bits per heavy atom. The minimum absolute atomic E-state index is 0.594. The highest BCUT2D eigenvalue weighted by atomic mass is 35.7. The smallest absolute Gasteiger partial charge is 0.244 e. The van der Waals surface area contributed by atoms with Crippen molar-refractivity contribution in [1.29, 1.82) is 0 Å². The maximum absolute atomic E-state index is 8.49. The van der Waals surface area contributed by atoms with E-state index >= 15 is 0 Å². The summed E-state index contributed by atoms with van der Waals surface area (Å²) in [6.45, 7) is 8.19. The second-order valence-electron chi connectivity index (χ2n) is 9.19. The lowest BCUT2D eigenvalue weighted by Crippen LogP contribution is -2.68. The third-order valence-electron chi connectivity index (χ3n) is 6.21. The first kappa shape index (κ1) is 36.0. The lowest BCUT2D eigenvalue weighted by atomic mass is 10.3. The van der Waals surface area contributed by atoms with E-state index in [-0.39, 0.29) is 0 Å². The maximum Gasteiger partial charge on any atom is 0.244 e. The van der Waals surface area contributed by atoms with Crippen molar-refractivity contribution in [3.8, 4) is 0 Å². The zero-order valence-corrected chi connectivity index (χ0v) is 25.2. The van der Waals surface area contributed by atoms with Gasteiger partial charge in [0.05, 0.1) is 52.9 Å². The van der Waals surface area contributed by atoms with E-state index in [0.717, 1.165) is 26.2 Å². The monoisotopic (exact) mass is 664 g/mol. The van der Waals surface area contributed by atoms with Crippen molar-refractivity contribution in [1.82, 2.24) is 9.13 Å². The SMILES string of the molecule is [O-][Cl+3]([O-])([O-])[O-].[O-][Cl+3]([O-])([O-])[O-].c1ccc2c(c1)n1c[n+]2CCOCCOCCn2c[n+](c3ccccc32)CCOCCOCC1. The lowest BCUT2D eigenvalue weighted by Gasteiger charge is -2.17. The van der Waals surface area contributed by atoms with Crippen molar-refractivity contribution in [2.45, 2.75) is 26.2 Å². The van der Waals surface area contributed by atoms with Crippen molar-refractivity contribution in [3.05, 3.63) is 61.2 Å². The Hall–Kier alpha value is -2.52. The van der Waals surface area contributed by atoms with E-state index in [9.17, 15) is 0 Å². The summed E-state index contributed by atoms with van der Waals surface area (Å²) < 4.78 is 100. The normalized spacial score (nSPS) is 16.5. The number of ether oxygens (including phenoxy) is 4. The molecular weight excluding hydrogens is 631 g/mol. The van der Waals surface area contributed by atoms with Crippen LogP contribution in [0.3, 0.4) is 0 Å². The zero-order chi connectivity index (χ0) is 32.0. The molecule has 2 aromatic heterocycles. The van der Waals surface area contributed by atoms with Crippen LogP contribution in [0.1, 0.15) is 0 Å². The molecular formula is C26H34Cl2N4O12. The molecule has 0 N–H and O–H groups in total. The molecule has 3 heterocycles. The van der Waals surface area contributed by atoms with Gasteiger partial charge in [-0.2, -0.15) is 0 Å². The predicted molar refractivity (Wildman–Crippen MR) is 128 cm³/mol. The van der Waals surface area contributed by atoms with Gasteiger partial charge in [0.15, 0.2) is 22.1 Å². The second kappa shape index (κ2) is 17.8. The summed E-state index contributed by atoms with van der Waals surface area (Å²) in [6, 6.07) is 16.9. The topological polar surface area (TPSA) is 239 Å². The van der Waals surface area contributed by atoms with Crippen molar-refractivity contribution >= 4 is 22.1 Å². The molecule has 2 aromatic carbocycles. The van der Waals surface area contributed by atoms with Crippen molar-refractivity contribution in [2.75, 3.05) is 52.9 Å². The molecule has 0 saturated carbocycles. The zero-order valence-electron chi connectivity index (χ0n) is 23.7. The number of hydrogen-bond acceptors (Lipinski definition) is 12. The number of para-hydroxylation sites is 4. The van der Waals surface area contributed by atoms with E-state index in [2.05, 4.69) is 79.5 Å². The number of nitrogens with zero attached hydrogens (tertiary/aromatic N) is 4. The Kier molecular flexibility index (Phi) is 14.6. The Morgan fingerprint density at radius 1 is 0.477 bits per heavy atom. The summed E-state index contributed by atoms with van der Waals surface area (Å²) in [4.78, 5) is 0. The molecule has 4 bridgehead atoms. The first-order chi connectivity index (χ1) is 20.9. The third-order valence-corrected chi connectivity index (χ3v) is 6.21. The first-order valence-corrected chi connectivity index (χ1v) is 15.9. The van der Waals surface area contributed by atoms with Gasteiger partial charge in [0, 0.05) is 0 Å². The van der Waals surface area contributed by atoms with Crippen molar-refractivity contribution in [2.24, 2.45) is 0 Å². The van der Waals surface area contributed by atoms with Crippen molar-refractivity contribution < 1.29 is 85.8 Å². The largest absolute Gasteiger partial charge is 0.375 e. The molecule has 0 fully saturated rings. The van der Waals surface area contributed by atoms with Gasteiger partial charge in [0.25, 0.3) is 0 Å². The molecule has 0 aliphatic carbocycles.